The molecule has 0 radical (unpaired) electrons. The molecule has 1 aliphatic heterocycles. The van der Waals surface area contributed by atoms with E-state index in [1.807, 2.05) is 0 Å². The lowest BCUT2D eigenvalue weighted by Gasteiger charge is -2.26. The van der Waals surface area contributed by atoms with E-state index in [2.05, 4.69) is 4.98 Å². The van der Waals surface area contributed by atoms with Crippen LogP contribution in [0, 0.1) is 0 Å². The Bertz CT molecular complexity index is 816. The Morgan fingerprint density at radius 1 is 1.20 bits per heavy atom. The van der Waals surface area contributed by atoms with Crippen LogP contribution >= 0.6 is 0 Å². The van der Waals surface area contributed by atoms with Crippen LogP contribution in [0.5, 0.6) is 0 Å². The second-order valence-corrected chi connectivity index (χ2v) is 5.95. The van der Waals surface area contributed by atoms with Gasteiger partial charge in [-0.1, -0.05) is 36.4 Å². The Kier molecular flexibility index (Phi) is 4.63. The largest absolute Gasteiger partial charge is 0.507 e. The van der Waals surface area contributed by atoms with Crippen molar-refractivity contribution in [1.82, 2.24) is 9.88 Å². The number of aliphatic hydroxyl groups excluding tert-OH is 2. The molecule has 25 heavy (non-hydrogen) atoms. The number of rotatable bonds is 4. The molecular weight excluding hydrogens is 320 g/mol. The number of hydrogen-bond donors (Lipinski definition) is 2. The van der Waals surface area contributed by atoms with Crippen molar-refractivity contribution in [3.8, 4) is 0 Å². The molecule has 2 atom stereocenters. The molecule has 2 aromatic rings. The first-order chi connectivity index (χ1) is 12.0. The summed E-state index contributed by atoms with van der Waals surface area (Å²) in [5.74, 6) is -1.75. The molecule has 2 heterocycles. The number of aliphatic hydroxyl groups is 2. The van der Waals surface area contributed by atoms with Crippen molar-refractivity contribution in [2.24, 2.45) is 0 Å². The van der Waals surface area contributed by atoms with Crippen molar-refractivity contribution in [1.29, 1.82) is 0 Å². The van der Waals surface area contributed by atoms with Crippen LogP contribution in [0.25, 0.3) is 5.76 Å². The summed E-state index contributed by atoms with van der Waals surface area (Å²) in [6, 6.07) is 11.2. The zero-order valence-corrected chi connectivity index (χ0v) is 13.7. The van der Waals surface area contributed by atoms with Gasteiger partial charge in [-0.3, -0.25) is 14.6 Å². The SMILES string of the molecule is C[C@H](O)CN1C(=O)C(=O)C(=C(O)c2ccccc2)[C@@H]1c1cccnc1. The molecule has 0 unspecified atom stereocenters. The van der Waals surface area contributed by atoms with Gasteiger partial charge >= 0.3 is 0 Å². The standard InChI is InChI=1S/C19H18N2O4/c1-12(22)11-21-16(14-8-5-9-20-10-14)15(18(24)19(21)25)17(23)13-6-3-2-4-7-13/h2-10,12,16,22-23H,11H2,1H3/t12-,16-/m0/s1. The van der Waals surface area contributed by atoms with Gasteiger partial charge in [0.15, 0.2) is 0 Å². The number of β-amino-alcohol motifs (C(OH)–C–C–N with tert-alkyl or cyclic N) is 1. The highest BCUT2D eigenvalue weighted by atomic mass is 16.3. The van der Waals surface area contributed by atoms with Gasteiger partial charge in [-0.15, -0.1) is 0 Å². The molecular formula is C19H18N2O4. The minimum atomic E-state index is -0.811. The smallest absolute Gasteiger partial charge is 0.295 e. The number of nitrogens with zero attached hydrogens (tertiary/aromatic N) is 2. The molecule has 6 heteroatoms. The number of pyridine rings is 1. The average molecular weight is 338 g/mol. The van der Waals surface area contributed by atoms with Crippen LogP contribution in [0.15, 0.2) is 60.4 Å². The number of ketones is 1. The molecule has 0 aliphatic carbocycles. The van der Waals surface area contributed by atoms with Gasteiger partial charge in [0.1, 0.15) is 5.76 Å². The van der Waals surface area contributed by atoms with E-state index in [9.17, 15) is 19.8 Å². The van der Waals surface area contributed by atoms with E-state index in [4.69, 9.17) is 0 Å². The Balaban J connectivity index is 2.18. The summed E-state index contributed by atoms with van der Waals surface area (Å²) >= 11 is 0. The third-order valence-corrected chi connectivity index (χ3v) is 4.05. The number of aromatic nitrogens is 1. The van der Waals surface area contributed by atoms with Crippen molar-refractivity contribution in [3.63, 3.8) is 0 Å². The van der Waals surface area contributed by atoms with Crippen molar-refractivity contribution in [3.05, 3.63) is 71.6 Å². The van der Waals surface area contributed by atoms with E-state index in [1.54, 1.807) is 54.9 Å². The summed E-state index contributed by atoms with van der Waals surface area (Å²) < 4.78 is 0. The maximum atomic E-state index is 12.6. The lowest BCUT2D eigenvalue weighted by molar-refractivity contribution is -0.140. The zero-order chi connectivity index (χ0) is 18.0. The van der Waals surface area contributed by atoms with Crippen molar-refractivity contribution < 1.29 is 19.8 Å². The summed E-state index contributed by atoms with van der Waals surface area (Å²) in [5, 5.41) is 20.4. The van der Waals surface area contributed by atoms with Gasteiger partial charge in [0.25, 0.3) is 11.7 Å². The van der Waals surface area contributed by atoms with Crippen LogP contribution in [0.2, 0.25) is 0 Å². The lowest BCUT2D eigenvalue weighted by atomic mass is 9.96. The molecule has 3 rings (SSSR count). The molecule has 1 amide bonds. The summed E-state index contributed by atoms with van der Waals surface area (Å²) in [6.07, 6.45) is 2.32. The van der Waals surface area contributed by atoms with E-state index in [0.29, 0.717) is 11.1 Å². The second-order valence-electron chi connectivity index (χ2n) is 5.95. The summed E-state index contributed by atoms with van der Waals surface area (Å²) in [6.45, 7) is 1.52. The van der Waals surface area contributed by atoms with E-state index in [0.717, 1.165) is 0 Å². The van der Waals surface area contributed by atoms with Gasteiger partial charge in [0, 0.05) is 24.5 Å². The maximum Gasteiger partial charge on any atom is 0.295 e. The van der Waals surface area contributed by atoms with Crippen molar-refractivity contribution in [2.75, 3.05) is 6.54 Å². The molecule has 2 N–H and O–H groups in total. The predicted octanol–water partition coefficient (Wildman–Crippen LogP) is 1.88. The van der Waals surface area contributed by atoms with Crippen LogP contribution in [0.4, 0.5) is 0 Å². The predicted molar refractivity (Wildman–Crippen MR) is 91.4 cm³/mol. The van der Waals surface area contributed by atoms with E-state index < -0.39 is 23.8 Å². The molecule has 1 fully saturated rings. The Labute approximate surface area is 145 Å². The second kappa shape index (κ2) is 6.86. The van der Waals surface area contributed by atoms with Crippen LogP contribution in [0.3, 0.4) is 0 Å². The third kappa shape index (κ3) is 3.16. The summed E-state index contributed by atoms with van der Waals surface area (Å²) in [4.78, 5) is 30.4. The zero-order valence-electron chi connectivity index (χ0n) is 13.7. The molecule has 1 aliphatic rings. The minimum absolute atomic E-state index is 0.00449. The fourth-order valence-electron chi connectivity index (χ4n) is 2.99. The van der Waals surface area contributed by atoms with Crippen LogP contribution < -0.4 is 0 Å². The number of carbonyl (C=O) groups excluding carboxylic acids is 2. The Morgan fingerprint density at radius 2 is 1.92 bits per heavy atom. The lowest BCUT2D eigenvalue weighted by Crippen LogP contribution is -2.35. The quantitative estimate of drug-likeness (QED) is 0.505. The normalized spacial score (nSPS) is 20.7. The van der Waals surface area contributed by atoms with Gasteiger partial charge in [0.2, 0.25) is 0 Å². The molecule has 6 nitrogen and oxygen atoms in total. The van der Waals surface area contributed by atoms with Crippen LogP contribution in [-0.2, 0) is 9.59 Å². The number of benzene rings is 1. The van der Waals surface area contributed by atoms with Crippen molar-refractivity contribution in [2.45, 2.75) is 19.1 Å². The Morgan fingerprint density at radius 3 is 2.52 bits per heavy atom. The van der Waals surface area contributed by atoms with E-state index in [1.165, 1.54) is 11.8 Å². The average Bonchev–Trinajstić information content (AvgIpc) is 2.87. The molecule has 128 valence electrons. The number of hydrogen-bond acceptors (Lipinski definition) is 5. The third-order valence-electron chi connectivity index (χ3n) is 4.05. The van der Waals surface area contributed by atoms with Crippen molar-refractivity contribution >= 4 is 17.4 Å². The number of carbonyl (C=O) groups is 2. The van der Waals surface area contributed by atoms with Crippen LogP contribution in [-0.4, -0.2) is 44.4 Å². The molecule has 1 saturated heterocycles. The van der Waals surface area contributed by atoms with Gasteiger partial charge in [-0.25, -0.2) is 0 Å². The number of amides is 1. The Hall–Kier alpha value is -2.99. The van der Waals surface area contributed by atoms with E-state index in [-0.39, 0.29) is 17.9 Å². The fraction of sp³-hybridized carbons (Fsp3) is 0.211. The molecule has 0 bridgehead atoms. The highest BCUT2D eigenvalue weighted by Crippen LogP contribution is 2.38. The fourth-order valence-corrected chi connectivity index (χ4v) is 2.99. The summed E-state index contributed by atoms with van der Waals surface area (Å²) in [7, 11) is 0. The van der Waals surface area contributed by atoms with Gasteiger partial charge in [0.05, 0.1) is 17.7 Å². The molecule has 0 saturated carbocycles. The van der Waals surface area contributed by atoms with Gasteiger partial charge in [-0.2, -0.15) is 0 Å². The maximum absolute atomic E-state index is 12.6. The number of likely N-dealkylation sites (tertiary alicyclic amines) is 1. The highest BCUT2D eigenvalue weighted by molar-refractivity contribution is 6.46. The first-order valence-electron chi connectivity index (χ1n) is 7.92. The first-order valence-corrected chi connectivity index (χ1v) is 7.92. The monoisotopic (exact) mass is 338 g/mol. The highest BCUT2D eigenvalue weighted by Gasteiger charge is 2.46. The minimum Gasteiger partial charge on any atom is -0.507 e. The molecule has 0 spiro atoms. The van der Waals surface area contributed by atoms with Crippen LogP contribution in [0.1, 0.15) is 24.1 Å². The van der Waals surface area contributed by atoms with Gasteiger partial charge in [-0.05, 0) is 18.6 Å². The number of Topliss-reactive ketones (excluding diaryl/α,β-unsaturated/α-hetero) is 1. The molecule has 1 aromatic carbocycles. The molecule has 1 aromatic heterocycles. The summed E-state index contributed by atoms with van der Waals surface area (Å²) in [5.41, 5.74) is 1.05. The topological polar surface area (TPSA) is 90.7 Å². The van der Waals surface area contributed by atoms with Gasteiger partial charge < -0.3 is 15.1 Å². The van der Waals surface area contributed by atoms with E-state index >= 15 is 0 Å². The first kappa shape index (κ1) is 16.9.